The summed E-state index contributed by atoms with van der Waals surface area (Å²) >= 11 is 0. The summed E-state index contributed by atoms with van der Waals surface area (Å²) in [4.78, 5) is 11.8. The standard InChI is InChI=1S/C10H13N5O/c1-5-6(2)14-15-9(5)12-10(16)8-4-11-13-7(8)3/h4H,1-3H3,(H,11,13)(H2,12,14,15,16). The van der Waals surface area contributed by atoms with Crippen molar-refractivity contribution in [3.63, 3.8) is 0 Å². The van der Waals surface area contributed by atoms with E-state index in [1.54, 1.807) is 6.92 Å². The van der Waals surface area contributed by atoms with Crippen LogP contribution >= 0.6 is 0 Å². The topological polar surface area (TPSA) is 86.5 Å². The van der Waals surface area contributed by atoms with E-state index in [-0.39, 0.29) is 5.91 Å². The zero-order valence-electron chi connectivity index (χ0n) is 9.38. The summed E-state index contributed by atoms with van der Waals surface area (Å²) in [5.41, 5.74) is 3.15. The molecule has 0 unspecified atom stereocenters. The van der Waals surface area contributed by atoms with Crippen molar-refractivity contribution in [2.24, 2.45) is 0 Å². The maximum absolute atomic E-state index is 11.8. The van der Waals surface area contributed by atoms with Gasteiger partial charge in [0.1, 0.15) is 0 Å². The molecule has 2 heterocycles. The van der Waals surface area contributed by atoms with Crippen LogP contribution in [0.3, 0.4) is 0 Å². The van der Waals surface area contributed by atoms with E-state index < -0.39 is 0 Å². The first-order valence-corrected chi connectivity index (χ1v) is 4.92. The quantitative estimate of drug-likeness (QED) is 0.711. The molecule has 0 aliphatic heterocycles. The first kappa shape index (κ1) is 10.4. The molecule has 0 fully saturated rings. The summed E-state index contributed by atoms with van der Waals surface area (Å²) < 4.78 is 0. The number of hydrogen-bond donors (Lipinski definition) is 3. The minimum atomic E-state index is -0.208. The second-order valence-electron chi connectivity index (χ2n) is 3.69. The number of aromatic nitrogens is 4. The molecule has 0 spiro atoms. The fourth-order valence-electron chi connectivity index (χ4n) is 1.36. The Morgan fingerprint density at radius 2 is 2.00 bits per heavy atom. The molecule has 3 N–H and O–H groups in total. The average Bonchev–Trinajstić information content (AvgIpc) is 2.79. The summed E-state index contributed by atoms with van der Waals surface area (Å²) in [6.07, 6.45) is 1.50. The monoisotopic (exact) mass is 219 g/mol. The highest BCUT2D eigenvalue weighted by Gasteiger charge is 2.14. The normalized spacial score (nSPS) is 10.4. The van der Waals surface area contributed by atoms with Gasteiger partial charge in [0.05, 0.1) is 11.8 Å². The van der Waals surface area contributed by atoms with Gasteiger partial charge in [-0.2, -0.15) is 10.2 Å². The molecule has 2 rings (SSSR count). The van der Waals surface area contributed by atoms with Crippen LogP contribution in [0.25, 0.3) is 0 Å². The molecule has 6 heteroatoms. The number of rotatable bonds is 2. The fraction of sp³-hybridized carbons (Fsp3) is 0.300. The molecule has 0 aromatic carbocycles. The van der Waals surface area contributed by atoms with Crippen molar-refractivity contribution >= 4 is 11.7 Å². The number of aromatic amines is 2. The number of H-pyrrole nitrogens is 2. The molecule has 0 saturated carbocycles. The van der Waals surface area contributed by atoms with Crippen molar-refractivity contribution in [2.45, 2.75) is 20.8 Å². The van der Waals surface area contributed by atoms with Crippen molar-refractivity contribution in [1.29, 1.82) is 0 Å². The molecule has 0 bridgehead atoms. The molecule has 2 aromatic rings. The molecule has 16 heavy (non-hydrogen) atoms. The molecule has 0 aliphatic rings. The molecule has 84 valence electrons. The average molecular weight is 219 g/mol. The second kappa shape index (κ2) is 3.80. The number of nitrogens with one attached hydrogen (secondary N) is 3. The molecule has 0 saturated heterocycles. The fourth-order valence-corrected chi connectivity index (χ4v) is 1.36. The number of aryl methyl sites for hydroxylation is 2. The molecule has 6 nitrogen and oxygen atoms in total. The minimum absolute atomic E-state index is 0.208. The Balaban J connectivity index is 2.20. The zero-order chi connectivity index (χ0) is 11.7. The van der Waals surface area contributed by atoms with E-state index in [0.29, 0.717) is 11.4 Å². The Bertz CT molecular complexity index is 525. The lowest BCUT2D eigenvalue weighted by atomic mass is 10.2. The predicted octanol–water partition coefficient (Wildman–Crippen LogP) is 1.31. The number of hydrogen-bond acceptors (Lipinski definition) is 3. The van der Waals surface area contributed by atoms with Crippen LogP contribution < -0.4 is 5.32 Å². The van der Waals surface area contributed by atoms with E-state index in [2.05, 4.69) is 25.7 Å². The molecular weight excluding hydrogens is 206 g/mol. The molecule has 2 aromatic heterocycles. The largest absolute Gasteiger partial charge is 0.305 e. The molecule has 0 radical (unpaired) electrons. The Kier molecular flexibility index (Phi) is 2.47. The van der Waals surface area contributed by atoms with Crippen molar-refractivity contribution in [1.82, 2.24) is 20.4 Å². The summed E-state index contributed by atoms with van der Waals surface area (Å²) in [5, 5.41) is 16.1. The maximum atomic E-state index is 11.8. The van der Waals surface area contributed by atoms with E-state index in [4.69, 9.17) is 0 Å². The molecule has 0 atom stereocenters. The number of amides is 1. The summed E-state index contributed by atoms with van der Waals surface area (Å²) in [6, 6.07) is 0. The van der Waals surface area contributed by atoms with Crippen molar-refractivity contribution in [2.75, 3.05) is 5.32 Å². The van der Waals surface area contributed by atoms with Crippen LogP contribution in [-0.2, 0) is 0 Å². The third-order valence-electron chi connectivity index (χ3n) is 2.56. The lowest BCUT2D eigenvalue weighted by Crippen LogP contribution is -2.13. The van der Waals surface area contributed by atoms with E-state index in [1.165, 1.54) is 6.20 Å². The van der Waals surface area contributed by atoms with Gasteiger partial charge in [-0.15, -0.1) is 0 Å². The third kappa shape index (κ3) is 1.69. The highest BCUT2D eigenvalue weighted by Crippen LogP contribution is 2.15. The number of nitrogens with zero attached hydrogens (tertiary/aromatic N) is 2. The lowest BCUT2D eigenvalue weighted by Gasteiger charge is -2.01. The molecule has 1 amide bonds. The number of carbonyl (C=O) groups excluding carboxylic acids is 1. The second-order valence-corrected chi connectivity index (χ2v) is 3.69. The number of anilines is 1. The summed E-state index contributed by atoms with van der Waals surface area (Å²) in [7, 11) is 0. The highest BCUT2D eigenvalue weighted by atomic mass is 16.1. The first-order chi connectivity index (χ1) is 7.59. The Morgan fingerprint density at radius 3 is 2.50 bits per heavy atom. The highest BCUT2D eigenvalue weighted by molar-refractivity contribution is 6.04. The third-order valence-corrected chi connectivity index (χ3v) is 2.56. The van der Waals surface area contributed by atoms with Gasteiger partial charge in [0.25, 0.3) is 5.91 Å². The van der Waals surface area contributed by atoms with Crippen LogP contribution in [0, 0.1) is 20.8 Å². The van der Waals surface area contributed by atoms with Crippen LogP contribution in [0.2, 0.25) is 0 Å². The van der Waals surface area contributed by atoms with Crippen LogP contribution in [-0.4, -0.2) is 26.3 Å². The zero-order valence-corrected chi connectivity index (χ0v) is 9.38. The lowest BCUT2D eigenvalue weighted by molar-refractivity contribution is 0.102. The van der Waals surface area contributed by atoms with Gasteiger partial charge in [0, 0.05) is 17.0 Å². The maximum Gasteiger partial charge on any atom is 0.260 e. The van der Waals surface area contributed by atoms with E-state index >= 15 is 0 Å². The first-order valence-electron chi connectivity index (χ1n) is 4.92. The van der Waals surface area contributed by atoms with Crippen LogP contribution in [0.5, 0.6) is 0 Å². The van der Waals surface area contributed by atoms with Crippen LogP contribution in [0.4, 0.5) is 5.82 Å². The summed E-state index contributed by atoms with van der Waals surface area (Å²) in [6.45, 7) is 5.60. The Morgan fingerprint density at radius 1 is 1.25 bits per heavy atom. The smallest absolute Gasteiger partial charge is 0.260 e. The van der Waals surface area contributed by atoms with Gasteiger partial charge in [-0.3, -0.25) is 15.0 Å². The predicted molar refractivity (Wildman–Crippen MR) is 59.3 cm³/mol. The van der Waals surface area contributed by atoms with Crippen LogP contribution in [0.15, 0.2) is 6.20 Å². The Hall–Kier alpha value is -2.11. The van der Waals surface area contributed by atoms with Gasteiger partial charge in [-0.25, -0.2) is 0 Å². The van der Waals surface area contributed by atoms with Gasteiger partial charge >= 0.3 is 0 Å². The van der Waals surface area contributed by atoms with Gasteiger partial charge in [0.2, 0.25) is 0 Å². The SMILES string of the molecule is Cc1[nH]ncc1C(=O)Nc1n[nH]c(C)c1C. The number of carbonyl (C=O) groups is 1. The summed E-state index contributed by atoms with van der Waals surface area (Å²) in [5.74, 6) is 0.351. The van der Waals surface area contributed by atoms with Gasteiger partial charge in [0.15, 0.2) is 5.82 Å². The van der Waals surface area contributed by atoms with Gasteiger partial charge < -0.3 is 5.32 Å². The minimum Gasteiger partial charge on any atom is -0.305 e. The van der Waals surface area contributed by atoms with Crippen molar-refractivity contribution in [3.05, 3.63) is 28.7 Å². The van der Waals surface area contributed by atoms with E-state index in [0.717, 1.165) is 17.0 Å². The van der Waals surface area contributed by atoms with Crippen molar-refractivity contribution < 1.29 is 4.79 Å². The Labute approximate surface area is 92.5 Å². The molecule has 0 aliphatic carbocycles. The van der Waals surface area contributed by atoms with Crippen molar-refractivity contribution in [3.8, 4) is 0 Å². The van der Waals surface area contributed by atoms with E-state index in [9.17, 15) is 4.79 Å². The van der Waals surface area contributed by atoms with E-state index in [1.807, 2.05) is 13.8 Å². The van der Waals surface area contributed by atoms with Gasteiger partial charge in [-0.05, 0) is 20.8 Å². The molecular formula is C10H13N5O. The van der Waals surface area contributed by atoms with Gasteiger partial charge in [-0.1, -0.05) is 0 Å². The van der Waals surface area contributed by atoms with Crippen LogP contribution in [0.1, 0.15) is 27.3 Å².